The molecule has 3 rings (SSSR count). The highest BCUT2D eigenvalue weighted by Gasteiger charge is 2.15. The van der Waals surface area contributed by atoms with Crippen LogP contribution < -0.4 is 5.32 Å². The van der Waals surface area contributed by atoms with E-state index in [0.717, 1.165) is 16.3 Å². The van der Waals surface area contributed by atoms with E-state index in [-0.39, 0.29) is 11.4 Å². The van der Waals surface area contributed by atoms with Gasteiger partial charge in [-0.3, -0.25) is 10.1 Å². The molecule has 0 saturated carbocycles. The van der Waals surface area contributed by atoms with Gasteiger partial charge in [-0.2, -0.15) is 5.26 Å². The topological polar surface area (TPSA) is 91.8 Å². The number of pyridine rings is 1. The Morgan fingerprint density at radius 1 is 1.13 bits per heavy atom. The normalized spacial score (nSPS) is 10.2. The highest BCUT2D eigenvalue weighted by atomic mass is 16.6. The van der Waals surface area contributed by atoms with Crippen LogP contribution in [0.15, 0.2) is 54.6 Å². The molecular weight excluding hydrogens is 292 g/mol. The minimum absolute atomic E-state index is 0.196. The molecule has 0 unspecified atom stereocenters. The Morgan fingerprint density at radius 3 is 2.70 bits per heavy atom. The smallest absolute Gasteiger partial charge is 0.305 e. The van der Waals surface area contributed by atoms with Crippen molar-refractivity contribution in [2.75, 3.05) is 5.32 Å². The van der Waals surface area contributed by atoms with E-state index in [0.29, 0.717) is 12.4 Å². The van der Waals surface area contributed by atoms with Crippen LogP contribution >= 0.6 is 0 Å². The molecule has 0 aliphatic carbocycles. The number of aromatic nitrogens is 1. The Hall–Kier alpha value is -3.46. The Balaban J connectivity index is 1.86. The number of nitrogens with one attached hydrogen (secondary N) is 1. The summed E-state index contributed by atoms with van der Waals surface area (Å²) in [7, 11) is 0. The van der Waals surface area contributed by atoms with E-state index < -0.39 is 4.92 Å². The number of rotatable bonds is 4. The van der Waals surface area contributed by atoms with Crippen molar-refractivity contribution < 1.29 is 4.92 Å². The van der Waals surface area contributed by atoms with E-state index >= 15 is 0 Å². The van der Waals surface area contributed by atoms with Crippen molar-refractivity contribution in [1.29, 1.82) is 5.26 Å². The Kier molecular flexibility index (Phi) is 3.85. The van der Waals surface area contributed by atoms with Gasteiger partial charge in [-0.05, 0) is 22.4 Å². The maximum absolute atomic E-state index is 10.8. The van der Waals surface area contributed by atoms with Crippen LogP contribution in [0, 0.1) is 21.4 Å². The maximum Gasteiger partial charge on any atom is 0.305 e. The standard InChI is InChI=1S/C17H12N4O2/c18-10-15-16(21(22)23)8-9-17(20-15)19-11-13-6-3-5-12-4-1-2-7-14(12)13/h1-9H,11H2,(H,19,20). The average molecular weight is 304 g/mol. The van der Waals surface area contributed by atoms with E-state index in [1.54, 1.807) is 6.07 Å². The van der Waals surface area contributed by atoms with Crippen LogP contribution in [-0.4, -0.2) is 9.91 Å². The van der Waals surface area contributed by atoms with E-state index in [1.165, 1.54) is 12.1 Å². The highest BCUT2D eigenvalue weighted by molar-refractivity contribution is 5.85. The van der Waals surface area contributed by atoms with Gasteiger partial charge in [0.2, 0.25) is 5.69 Å². The zero-order valence-electron chi connectivity index (χ0n) is 12.1. The van der Waals surface area contributed by atoms with Gasteiger partial charge < -0.3 is 5.32 Å². The second-order valence-corrected chi connectivity index (χ2v) is 4.92. The van der Waals surface area contributed by atoms with Crippen LogP contribution in [0.4, 0.5) is 11.5 Å². The molecule has 23 heavy (non-hydrogen) atoms. The van der Waals surface area contributed by atoms with Gasteiger partial charge in [0.05, 0.1) is 4.92 Å². The van der Waals surface area contributed by atoms with Crippen LogP contribution in [0.2, 0.25) is 0 Å². The first-order chi connectivity index (χ1) is 11.2. The minimum atomic E-state index is -0.611. The molecule has 0 aliphatic heterocycles. The summed E-state index contributed by atoms with van der Waals surface area (Å²) in [6.07, 6.45) is 0. The van der Waals surface area contributed by atoms with Gasteiger partial charge in [0.25, 0.3) is 0 Å². The van der Waals surface area contributed by atoms with Gasteiger partial charge in [0, 0.05) is 12.6 Å². The number of fused-ring (bicyclic) bond motifs is 1. The van der Waals surface area contributed by atoms with Gasteiger partial charge in [-0.25, -0.2) is 4.98 Å². The summed E-state index contributed by atoms with van der Waals surface area (Å²) in [4.78, 5) is 14.2. The molecule has 1 aromatic heterocycles. The van der Waals surface area contributed by atoms with Crippen LogP contribution in [-0.2, 0) is 6.54 Å². The fraction of sp³-hybridized carbons (Fsp3) is 0.0588. The molecule has 0 aliphatic rings. The van der Waals surface area contributed by atoms with Gasteiger partial charge in [-0.1, -0.05) is 42.5 Å². The third-order valence-corrected chi connectivity index (χ3v) is 3.52. The molecule has 0 saturated heterocycles. The van der Waals surface area contributed by atoms with Crippen LogP contribution in [0.25, 0.3) is 10.8 Å². The second kappa shape index (κ2) is 6.12. The molecule has 112 valence electrons. The van der Waals surface area contributed by atoms with Gasteiger partial charge >= 0.3 is 5.69 Å². The SMILES string of the molecule is N#Cc1nc(NCc2cccc3ccccc23)ccc1[N+](=O)[O-]. The molecule has 3 aromatic rings. The predicted molar refractivity (Wildman–Crippen MR) is 86.9 cm³/mol. The van der Waals surface area contributed by atoms with Gasteiger partial charge in [0.1, 0.15) is 11.9 Å². The summed E-state index contributed by atoms with van der Waals surface area (Å²) in [5.41, 5.74) is 0.600. The molecule has 1 heterocycles. The molecule has 0 radical (unpaired) electrons. The monoisotopic (exact) mass is 304 g/mol. The number of hydrogen-bond acceptors (Lipinski definition) is 5. The summed E-state index contributed by atoms with van der Waals surface area (Å²) in [5.74, 6) is 0.431. The summed E-state index contributed by atoms with van der Waals surface area (Å²) in [5, 5.41) is 25.2. The molecule has 2 aromatic carbocycles. The fourth-order valence-electron chi connectivity index (χ4n) is 2.41. The number of anilines is 1. The predicted octanol–water partition coefficient (Wildman–Crippen LogP) is 3.63. The number of hydrogen-bond donors (Lipinski definition) is 1. The van der Waals surface area contributed by atoms with Crippen molar-refractivity contribution in [2.45, 2.75) is 6.54 Å². The lowest BCUT2D eigenvalue weighted by Gasteiger charge is -2.09. The van der Waals surface area contributed by atoms with Crippen LogP contribution in [0.5, 0.6) is 0 Å². The van der Waals surface area contributed by atoms with Crippen LogP contribution in [0.1, 0.15) is 11.3 Å². The summed E-state index contributed by atoms with van der Waals surface area (Å²) >= 11 is 0. The van der Waals surface area contributed by atoms with Crippen molar-refractivity contribution in [3.63, 3.8) is 0 Å². The Morgan fingerprint density at radius 2 is 1.91 bits per heavy atom. The number of benzene rings is 2. The molecule has 0 amide bonds. The Bertz CT molecular complexity index is 926. The summed E-state index contributed by atoms with van der Waals surface area (Å²) in [6, 6.07) is 18.6. The van der Waals surface area contributed by atoms with Crippen molar-refractivity contribution in [3.05, 3.63) is 76.0 Å². The third kappa shape index (κ3) is 2.94. The molecule has 0 fully saturated rings. The summed E-state index contributed by atoms with van der Waals surface area (Å²) in [6.45, 7) is 0.511. The van der Waals surface area contributed by atoms with Crippen LogP contribution in [0.3, 0.4) is 0 Å². The molecule has 0 bridgehead atoms. The lowest BCUT2D eigenvalue weighted by atomic mass is 10.0. The zero-order valence-corrected chi connectivity index (χ0v) is 12.1. The lowest BCUT2D eigenvalue weighted by molar-refractivity contribution is -0.385. The van der Waals surface area contributed by atoms with Crippen molar-refractivity contribution >= 4 is 22.3 Å². The molecule has 6 nitrogen and oxygen atoms in total. The van der Waals surface area contributed by atoms with E-state index in [2.05, 4.69) is 10.3 Å². The van der Waals surface area contributed by atoms with Crippen molar-refractivity contribution in [1.82, 2.24) is 4.98 Å². The molecule has 6 heteroatoms. The zero-order chi connectivity index (χ0) is 16.2. The average Bonchev–Trinajstić information content (AvgIpc) is 2.59. The largest absolute Gasteiger partial charge is 0.366 e. The fourth-order valence-corrected chi connectivity index (χ4v) is 2.41. The Labute approximate surface area is 132 Å². The molecule has 0 spiro atoms. The minimum Gasteiger partial charge on any atom is -0.366 e. The maximum atomic E-state index is 10.8. The lowest BCUT2D eigenvalue weighted by Crippen LogP contribution is -2.04. The molecular formula is C17H12N4O2. The first-order valence-electron chi connectivity index (χ1n) is 6.95. The van der Waals surface area contributed by atoms with Crippen molar-refractivity contribution in [3.8, 4) is 6.07 Å². The van der Waals surface area contributed by atoms with E-state index in [1.807, 2.05) is 42.5 Å². The first kappa shape index (κ1) is 14.5. The first-order valence-corrected chi connectivity index (χ1v) is 6.95. The second-order valence-electron chi connectivity index (χ2n) is 4.92. The van der Waals surface area contributed by atoms with E-state index in [4.69, 9.17) is 5.26 Å². The number of nitro groups is 1. The molecule has 0 atom stereocenters. The third-order valence-electron chi connectivity index (χ3n) is 3.52. The molecule has 1 N–H and O–H groups in total. The van der Waals surface area contributed by atoms with E-state index in [9.17, 15) is 10.1 Å². The van der Waals surface area contributed by atoms with Gasteiger partial charge in [-0.15, -0.1) is 0 Å². The quantitative estimate of drug-likeness (QED) is 0.587. The highest BCUT2D eigenvalue weighted by Crippen LogP contribution is 2.21. The summed E-state index contributed by atoms with van der Waals surface area (Å²) < 4.78 is 0. The van der Waals surface area contributed by atoms with Crippen molar-refractivity contribution in [2.24, 2.45) is 0 Å². The van der Waals surface area contributed by atoms with Gasteiger partial charge in [0.15, 0.2) is 0 Å². The number of nitriles is 1. The number of nitrogens with zero attached hydrogens (tertiary/aromatic N) is 3.